The summed E-state index contributed by atoms with van der Waals surface area (Å²) in [6, 6.07) is 11.0. The van der Waals surface area contributed by atoms with Gasteiger partial charge < -0.3 is 5.11 Å². The van der Waals surface area contributed by atoms with Crippen LogP contribution < -0.4 is 4.72 Å². The van der Waals surface area contributed by atoms with Gasteiger partial charge in [0.1, 0.15) is 5.82 Å². The smallest absolute Gasteiger partial charge is 0.240 e. The molecule has 1 aliphatic rings. The molecule has 7 heteroatoms. The van der Waals surface area contributed by atoms with Crippen molar-refractivity contribution in [1.82, 2.24) is 4.72 Å². The number of sulfonamides is 1. The molecule has 0 aromatic heterocycles. The fourth-order valence-corrected chi connectivity index (χ4v) is 4.28. The molecule has 1 aliphatic carbocycles. The van der Waals surface area contributed by atoms with Crippen molar-refractivity contribution in [1.29, 1.82) is 0 Å². The van der Waals surface area contributed by atoms with Crippen LogP contribution in [0.15, 0.2) is 47.4 Å². The standard InChI is InChI=1S/C17H17ClFNO3S/c18-15-9-14(5-6-16(15)19)24(22,23)20-11-17(21)8-7-12-3-1-2-4-13(12)10-17/h1-6,9,20-21H,7-8,10-11H2/t17-/m0/s1. The number of aryl methyl sites for hydroxylation is 1. The molecular weight excluding hydrogens is 353 g/mol. The first-order valence-electron chi connectivity index (χ1n) is 7.53. The van der Waals surface area contributed by atoms with Gasteiger partial charge >= 0.3 is 0 Å². The summed E-state index contributed by atoms with van der Waals surface area (Å²) in [7, 11) is -3.88. The van der Waals surface area contributed by atoms with Crippen molar-refractivity contribution in [3.63, 3.8) is 0 Å². The number of rotatable bonds is 4. The van der Waals surface area contributed by atoms with Gasteiger partial charge in [-0.05, 0) is 42.2 Å². The Morgan fingerprint density at radius 2 is 1.92 bits per heavy atom. The molecule has 4 nitrogen and oxygen atoms in total. The Balaban J connectivity index is 1.74. The SMILES string of the molecule is O=S(=O)(NC[C@]1(O)CCc2ccccc2C1)c1ccc(F)c(Cl)c1. The molecule has 2 N–H and O–H groups in total. The Hall–Kier alpha value is -1.47. The zero-order chi connectivity index (χ0) is 17.4. The van der Waals surface area contributed by atoms with Crippen LogP contribution in [0.3, 0.4) is 0 Å². The number of benzene rings is 2. The summed E-state index contributed by atoms with van der Waals surface area (Å²) >= 11 is 5.64. The summed E-state index contributed by atoms with van der Waals surface area (Å²) < 4.78 is 40.2. The summed E-state index contributed by atoms with van der Waals surface area (Å²) in [6.45, 7) is -0.112. The molecule has 0 saturated carbocycles. The van der Waals surface area contributed by atoms with Crippen LogP contribution in [0, 0.1) is 5.82 Å². The van der Waals surface area contributed by atoms with Gasteiger partial charge in [0.2, 0.25) is 10.0 Å². The molecule has 0 aliphatic heterocycles. The van der Waals surface area contributed by atoms with E-state index >= 15 is 0 Å². The minimum absolute atomic E-state index is 0.112. The van der Waals surface area contributed by atoms with E-state index in [0.29, 0.717) is 19.3 Å². The Kier molecular flexibility index (Phi) is 4.66. The molecule has 2 aromatic carbocycles. The average Bonchev–Trinajstić information content (AvgIpc) is 2.55. The number of aliphatic hydroxyl groups is 1. The molecule has 0 radical (unpaired) electrons. The van der Waals surface area contributed by atoms with Gasteiger partial charge in [-0.25, -0.2) is 17.5 Å². The van der Waals surface area contributed by atoms with Gasteiger partial charge in [-0.2, -0.15) is 0 Å². The van der Waals surface area contributed by atoms with E-state index in [1.807, 2.05) is 24.3 Å². The summed E-state index contributed by atoms with van der Waals surface area (Å²) in [4.78, 5) is -0.131. The van der Waals surface area contributed by atoms with Crippen LogP contribution in [-0.2, 0) is 22.9 Å². The third kappa shape index (κ3) is 3.62. The van der Waals surface area contributed by atoms with E-state index in [1.54, 1.807) is 0 Å². The van der Waals surface area contributed by atoms with Crippen molar-refractivity contribution < 1.29 is 17.9 Å². The summed E-state index contributed by atoms with van der Waals surface area (Å²) in [5.74, 6) is -0.682. The fourth-order valence-electron chi connectivity index (χ4n) is 2.89. The van der Waals surface area contributed by atoms with E-state index < -0.39 is 21.4 Å². The maximum Gasteiger partial charge on any atom is 0.240 e. The first-order chi connectivity index (χ1) is 11.3. The number of hydrogen-bond donors (Lipinski definition) is 2. The number of halogens is 2. The normalized spacial score (nSPS) is 20.6. The van der Waals surface area contributed by atoms with Crippen LogP contribution in [0.1, 0.15) is 17.5 Å². The highest BCUT2D eigenvalue weighted by Crippen LogP contribution is 2.28. The van der Waals surface area contributed by atoms with Crippen molar-refractivity contribution in [2.24, 2.45) is 0 Å². The van der Waals surface area contributed by atoms with Crippen molar-refractivity contribution in [3.05, 3.63) is 64.4 Å². The molecule has 0 bridgehead atoms. The fraction of sp³-hybridized carbons (Fsp3) is 0.294. The number of fused-ring (bicyclic) bond motifs is 1. The monoisotopic (exact) mass is 369 g/mol. The van der Waals surface area contributed by atoms with Gasteiger partial charge in [0, 0.05) is 13.0 Å². The van der Waals surface area contributed by atoms with Crippen molar-refractivity contribution in [2.45, 2.75) is 29.8 Å². The Morgan fingerprint density at radius 1 is 1.21 bits per heavy atom. The van der Waals surface area contributed by atoms with E-state index in [-0.39, 0.29) is 16.5 Å². The molecule has 0 unspecified atom stereocenters. The van der Waals surface area contributed by atoms with Gasteiger partial charge in [0.25, 0.3) is 0 Å². The lowest BCUT2D eigenvalue weighted by atomic mass is 9.80. The van der Waals surface area contributed by atoms with E-state index in [2.05, 4.69) is 4.72 Å². The van der Waals surface area contributed by atoms with E-state index in [1.165, 1.54) is 5.56 Å². The summed E-state index contributed by atoms with van der Waals surface area (Å²) in [5, 5.41) is 10.5. The largest absolute Gasteiger partial charge is 0.388 e. The van der Waals surface area contributed by atoms with Gasteiger partial charge in [-0.15, -0.1) is 0 Å². The quantitative estimate of drug-likeness (QED) is 0.870. The molecule has 0 spiro atoms. The molecule has 0 amide bonds. The molecule has 24 heavy (non-hydrogen) atoms. The van der Waals surface area contributed by atoms with Crippen LogP contribution in [-0.4, -0.2) is 25.7 Å². The van der Waals surface area contributed by atoms with Crippen LogP contribution in [0.25, 0.3) is 0 Å². The highest BCUT2D eigenvalue weighted by molar-refractivity contribution is 7.89. The first kappa shape index (κ1) is 17.4. The topological polar surface area (TPSA) is 66.4 Å². The zero-order valence-electron chi connectivity index (χ0n) is 12.8. The van der Waals surface area contributed by atoms with Gasteiger partial charge in [0.05, 0.1) is 15.5 Å². The minimum atomic E-state index is -3.88. The molecule has 0 heterocycles. The first-order valence-corrected chi connectivity index (χ1v) is 9.39. The van der Waals surface area contributed by atoms with Gasteiger partial charge in [0.15, 0.2) is 0 Å². The molecule has 1 atom stereocenters. The summed E-state index contributed by atoms with van der Waals surface area (Å²) in [6.07, 6.45) is 1.54. The predicted molar refractivity (Wildman–Crippen MR) is 90.0 cm³/mol. The lowest BCUT2D eigenvalue weighted by Crippen LogP contribution is -2.46. The number of hydrogen-bond acceptors (Lipinski definition) is 3. The Morgan fingerprint density at radius 3 is 2.62 bits per heavy atom. The maximum atomic E-state index is 13.2. The molecule has 0 saturated heterocycles. The second-order valence-corrected chi connectivity index (χ2v) is 8.24. The van der Waals surface area contributed by atoms with Crippen LogP contribution in [0.2, 0.25) is 5.02 Å². The lowest BCUT2D eigenvalue weighted by molar-refractivity contribution is 0.0317. The van der Waals surface area contributed by atoms with Crippen molar-refractivity contribution in [2.75, 3.05) is 6.54 Å². The highest BCUT2D eigenvalue weighted by atomic mass is 35.5. The van der Waals surface area contributed by atoms with Gasteiger partial charge in [-0.1, -0.05) is 35.9 Å². The van der Waals surface area contributed by atoms with E-state index in [0.717, 1.165) is 23.8 Å². The Labute approximate surface area is 145 Å². The predicted octanol–water partition coefficient (Wildman–Crippen LogP) is 2.68. The third-order valence-electron chi connectivity index (χ3n) is 4.29. The second-order valence-electron chi connectivity index (χ2n) is 6.07. The highest BCUT2D eigenvalue weighted by Gasteiger charge is 2.33. The zero-order valence-corrected chi connectivity index (χ0v) is 14.4. The maximum absolute atomic E-state index is 13.2. The van der Waals surface area contributed by atoms with Gasteiger partial charge in [-0.3, -0.25) is 0 Å². The number of nitrogens with one attached hydrogen (secondary N) is 1. The Bertz CT molecular complexity index is 872. The van der Waals surface area contributed by atoms with E-state index in [4.69, 9.17) is 11.6 Å². The summed E-state index contributed by atoms with van der Waals surface area (Å²) in [5.41, 5.74) is 1.05. The molecule has 0 fully saturated rings. The average molecular weight is 370 g/mol. The lowest BCUT2D eigenvalue weighted by Gasteiger charge is -2.33. The van der Waals surface area contributed by atoms with Crippen LogP contribution >= 0.6 is 11.6 Å². The molecule has 2 aromatic rings. The minimum Gasteiger partial charge on any atom is -0.388 e. The van der Waals surface area contributed by atoms with Crippen LogP contribution in [0.5, 0.6) is 0 Å². The second kappa shape index (κ2) is 6.44. The molecular formula is C17H17ClFNO3S. The third-order valence-corrected chi connectivity index (χ3v) is 5.98. The van der Waals surface area contributed by atoms with Crippen molar-refractivity contribution in [3.8, 4) is 0 Å². The van der Waals surface area contributed by atoms with E-state index in [9.17, 15) is 17.9 Å². The van der Waals surface area contributed by atoms with Crippen LogP contribution in [0.4, 0.5) is 4.39 Å². The molecule has 3 rings (SSSR count). The molecule has 128 valence electrons. The van der Waals surface area contributed by atoms with Crippen molar-refractivity contribution >= 4 is 21.6 Å².